The average Bonchev–Trinajstić information content (AvgIpc) is 2.82. The highest BCUT2D eigenvalue weighted by Gasteiger charge is 2.14. The molecule has 0 bridgehead atoms. The number of hydrogen-bond acceptors (Lipinski definition) is 4. The third-order valence-corrected chi connectivity index (χ3v) is 3.36. The highest BCUT2D eigenvalue weighted by molar-refractivity contribution is 6.14. The molecule has 0 aliphatic rings. The van der Waals surface area contributed by atoms with Gasteiger partial charge < -0.3 is 14.5 Å². The van der Waals surface area contributed by atoms with Gasteiger partial charge in [-0.15, -0.1) is 0 Å². The number of Topliss-reactive ketones (excluding diaryl/α,β-unsaturated/α-hetero) is 1. The summed E-state index contributed by atoms with van der Waals surface area (Å²) in [6, 6.07) is 5.64. The number of aromatic amines is 1. The summed E-state index contributed by atoms with van der Waals surface area (Å²) in [5.41, 5.74) is 2.06. The first kappa shape index (κ1) is 12.5. The van der Waals surface area contributed by atoms with Gasteiger partial charge in [0.2, 0.25) is 0 Å². The summed E-state index contributed by atoms with van der Waals surface area (Å²) < 4.78 is 10.6. The number of nitrogens with one attached hydrogen (secondary N) is 1. The van der Waals surface area contributed by atoms with E-state index in [1.807, 2.05) is 18.2 Å². The van der Waals surface area contributed by atoms with Crippen molar-refractivity contribution in [3.63, 3.8) is 0 Å². The minimum absolute atomic E-state index is 0.0684. The van der Waals surface area contributed by atoms with Crippen LogP contribution in [0.5, 0.6) is 11.5 Å². The molecule has 0 atom stereocenters. The van der Waals surface area contributed by atoms with Crippen LogP contribution in [0.1, 0.15) is 17.4 Å². The van der Waals surface area contributed by atoms with Gasteiger partial charge in [0, 0.05) is 30.0 Å². The van der Waals surface area contributed by atoms with Gasteiger partial charge in [-0.25, -0.2) is 0 Å². The van der Waals surface area contributed by atoms with Crippen molar-refractivity contribution in [2.24, 2.45) is 0 Å². The van der Waals surface area contributed by atoms with Crippen molar-refractivity contribution < 1.29 is 14.3 Å². The molecule has 0 fully saturated rings. The number of ketones is 1. The van der Waals surface area contributed by atoms with Crippen LogP contribution in [0.4, 0.5) is 0 Å². The first-order valence-electron chi connectivity index (χ1n) is 6.19. The Morgan fingerprint density at radius 1 is 1.15 bits per heavy atom. The monoisotopic (exact) mass is 270 g/mol. The molecular weight excluding hydrogens is 256 g/mol. The molecule has 0 aliphatic carbocycles. The van der Waals surface area contributed by atoms with Crippen LogP contribution in [0, 0.1) is 0 Å². The lowest BCUT2D eigenvalue weighted by atomic mass is 10.1. The van der Waals surface area contributed by atoms with E-state index in [1.54, 1.807) is 20.4 Å². The zero-order valence-corrected chi connectivity index (χ0v) is 11.5. The number of H-pyrrole nitrogens is 1. The summed E-state index contributed by atoms with van der Waals surface area (Å²) in [5, 5.41) is 1.92. The molecular formula is C15H14N2O3. The van der Waals surface area contributed by atoms with Gasteiger partial charge in [0.25, 0.3) is 0 Å². The Kier molecular flexibility index (Phi) is 2.82. The van der Waals surface area contributed by atoms with E-state index < -0.39 is 0 Å². The number of fused-ring (bicyclic) bond motifs is 3. The van der Waals surface area contributed by atoms with E-state index in [1.165, 1.54) is 6.92 Å². The normalized spacial score (nSPS) is 10.9. The largest absolute Gasteiger partial charge is 0.493 e. The van der Waals surface area contributed by atoms with Crippen molar-refractivity contribution in [1.82, 2.24) is 9.97 Å². The van der Waals surface area contributed by atoms with Crippen molar-refractivity contribution >= 4 is 27.6 Å². The van der Waals surface area contributed by atoms with Crippen LogP contribution in [-0.4, -0.2) is 30.0 Å². The zero-order chi connectivity index (χ0) is 14.3. The number of rotatable bonds is 3. The van der Waals surface area contributed by atoms with Gasteiger partial charge in [0.1, 0.15) is 5.69 Å². The number of pyridine rings is 1. The number of nitrogens with zero attached hydrogens (tertiary/aromatic N) is 1. The van der Waals surface area contributed by atoms with Crippen LogP contribution >= 0.6 is 0 Å². The number of methoxy groups -OCH3 is 2. The van der Waals surface area contributed by atoms with Crippen molar-refractivity contribution in [2.45, 2.75) is 6.92 Å². The summed E-state index contributed by atoms with van der Waals surface area (Å²) in [6.45, 7) is 1.51. The van der Waals surface area contributed by atoms with E-state index in [9.17, 15) is 4.79 Å². The molecule has 0 aliphatic heterocycles. The minimum Gasteiger partial charge on any atom is -0.493 e. The Hall–Kier alpha value is -2.56. The molecule has 0 spiro atoms. The van der Waals surface area contributed by atoms with Crippen molar-refractivity contribution in [3.05, 3.63) is 30.1 Å². The molecule has 0 unspecified atom stereocenters. The van der Waals surface area contributed by atoms with Gasteiger partial charge in [-0.05, 0) is 12.1 Å². The van der Waals surface area contributed by atoms with E-state index in [4.69, 9.17) is 9.47 Å². The van der Waals surface area contributed by atoms with E-state index >= 15 is 0 Å². The van der Waals surface area contributed by atoms with Crippen molar-refractivity contribution in [3.8, 4) is 11.5 Å². The van der Waals surface area contributed by atoms with Crippen molar-refractivity contribution in [1.29, 1.82) is 0 Å². The molecule has 5 nitrogen and oxygen atoms in total. The Bertz CT molecular complexity index is 821. The Morgan fingerprint density at radius 3 is 2.50 bits per heavy atom. The Morgan fingerprint density at radius 2 is 1.85 bits per heavy atom. The second-order valence-electron chi connectivity index (χ2n) is 4.52. The van der Waals surface area contributed by atoms with Gasteiger partial charge >= 0.3 is 0 Å². The van der Waals surface area contributed by atoms with Gasteiger partial charge in [0.15, 0.2) is 17.3 Å². The fourth-order valence-corrected chi connectivity index (χ4v) is 2.42. The van der Waals surface area contributed by atoms with E-state index in [2.05, 4.69) is 9.97 Å². The Labute approximate surface area is 115 Å². The molecule has 20 heavy (non-hydrogen) atoms. The number of carbonyl (C=O) groups excluding carboxylic acids is 1. The molecule has 0 saturated heterocycles. The second-order valence-corrected chi connectivity index (χ2v) is 4.52. The van der Waals surface area contributed by atoms with Gasteiger partial charge in [-0.2, -0.15) is 0 Å². The Balaban J connectivity index is 2.42. The summed E-state index contributed by atoms with van der Waals surface area (Å²) in [7, 11) is 3.19. The smallest absolute Gasteiger partial charge is 0.180 e. The molecule has 0 amide bonds. The molecule has 3 rings (SSSR count). The summed E-state index contributed by atoms with van der Waals surface area (Å²) in [6.07, 6.45) is 1.64. The molecule has 2 heterocycles. The lowest BCUT2D eigenvalue weighted by Crippen LogP contribution is -1.96. The van der Waals surface area contributed by atoms with E-state index in [-0.39, 0.29) is 5.78 Å². The first-order valence-corrected chi connectivity index (χ1v) is 6.19. The summed E-state index contributed by atoms with van der Waals surface area (Å²) in [5.74, 6) is 1.23. The van der Waals surface area contributed by atoms with Crippen LogP contribution in [0.3, 0.4) is 0 Å². The third kappa shape index (κ3) is 1.71. The lowest BCUT2D eigenvalue weighted by Gasteiger charge is -2.07. The fraction of sp³-hybridized carbons (Fsp3) is 0.200. The lowest BCUT2D eigenvalue weighted by molar-refractivity contribution is 0.101. The van der Waals surface area contributed by atoms with Gasteiger partial charge in [0.05, 0.1) is 25.3 Å². The number of carbonyl (C=O) groups is 1. The predicted molar refractivity (Wildman–Crippen MR) is 76.7 cm³/mol. The molecule has 1 N–H and O–H groups in total. The maximum absolute atomic E-state index is 11.7. The average molecular weight is 270 g/mol. The highest BCUT2D eigenvalue weighted by atomic mass is 16.5. The molecule has 0 saturated carbocycles. The predicted octanol–water partition coefficient (Wildman–Crippen LogP) is 2.94. The molecule has 1 aromatic carbocycles. The topological polar surface area (TPSA) is 64.2 Å². The van der Waals surface area contributed by atoms with Crippen molar-refractivity contribution in [2.75, 3.05) is 14.2 Å². The molecule has 102 valence electrons. The molecule has 5 heteroatoms. The van der Waals surface area contributed by atoms with Crippen LogP contribution in [0.25, 0.3) is 21.8 Å². The SMILES string of the molecule is COc1cc2[nH]c3c(C(C)=O)nccc3c2cc1OC. The van der Waals surface area contributed by atoms with E-state index in [0.29, 0.717) is 17.2 Å². The first-order chi connectivity index (χ1) is 9.65. The molecule has 3 aromatic rings. The number of ether oxygens (including phenoxy) is 2. The number of hydrogen-bond donors (Lipinski definition) is 1. The van der Waals surface area contributed by atoms with Crippen LogP contribution in [0.2, 0.25) is 0 Å². The minimum atomic E-state index is -0.0684. The quantitative estimate of drug-likeness (QED) is 0.743. The third-order valence-electron chi connectivity index (χ3n) is 3.36. The van der Waals surface area contributed by atoms with Gasteiger partial charge in [-0.3, -0.25) is 9.78 Å². The molecule has 0 radical (unpaired) electrons. The maximum Gasteiger partial charge on any atom is 0.180 e. The second kappa shape index (κ2) is 4.52. The van der Waals surface area contributed by atoms with E-state index in [0.717, 1.165) is 21.8 Å². The van der Waals surface area contributed by atoms with Crippen LogP contribution in [-0.2, 0) is 0 Å². The molecule has 2 aromatic heterocycles. The zero-order valence-electron chi connectivity index (χ0n) is 11.5. The summed E-state index contributed by atoms with van der Waals surface area (Å²) >= 11 is 0. The number of benzene rings is 1. The van der Waals surface area contributed by atoms with Crippen LogP contribution in [0.15, 0.2) is 24.4 Å². The van der Waals surface area contributed by atoms with Gasteiger partial charge in [-0.1, -0.05) is 0 Å². The van der Waals surface area contributed by atoms with Crippen LogP contribution < -0.4 is 9.47 Å². The standard InChI is InChI=1S/C15H14N2O3/c1-8(18)14-15-9(4-5-16-14)10-6-12(19-2)13(20-3)7-11(10)17-15/h4-7,17H,1-3H3. The summed E-state index contributed by atoms with van der Waals surface area (Å²) in [4.78, 5) is 19.0. The fourth-order valence-electron chi connectivity index (χ4n) is 2.42. The maximum atomic E-state index is 11.7. The highest BCUT2D eigenvalue weighted by Crippen LogP contribution is 2.36. The number of aromatic nitrogens is 2.